The summed E-state index contributed by atoms with van der Waals surface area (Å²) in [5, 5.41) is 3.80. The van der Waals surface area contributed by atoms with Gasteiger partial charge in [-0.15, -0.1) is 12.4 Å². The molecule has 0 heterocycles. The average Bonchev–Trinajstić information content (AvgIpc) is 2.50. The Labute approximate surface area is 144 Å². The van der Waals surface area contributed by atoms with Crippen molar-refractivity contribution in [3.05, 3.63) is 34.9 Å². The molecule has 0 aromatic heterocycles. The molecule has 0 radical (unpaired) electrons. The van der Waals surface area contributed by atoms with Crippen LogP contribution in [0.25, 0.3) is 0 Å². The lowest BCUT2D eigenvalue weighted by atomic mass is 9.93. The molecule has 22 heavy (non-hydrogen) atoms. The molecular formula is C16H26Cl2N2O2. The molecule has 126 valence electrons. The van der Waals surface area contributed by atoms with Crippen molar-refractivity contribution in [2.24, 2.45) is 0 Å². The second kappa shape index (κ2) is 10.8. The van der Waals surface area contributed by atoms with Gasteiger partial charge in [-0.1, -0.05) is 30.7 Å². The van der Waals surface area contributed by atoms with E-state index >= 15 is 0 Å². The van der Waals surface area contributed by atoms with Gasteiger partial charge >= 0.3 is 0 Å². The number of halogens is 2. The molecule has 1 aromatic carbocycles. The summed E-state index contributed by atoms with van der Waals surface area (Å²) in [6.07, 6.45) is 0. The number of benzene rings is 1. The third-order valence-electron chi connectivity index (χ3n) is 3.88. The first kappa shape index (κ1) is 21.2. The third-order valence-corrected chi connectivity index (χ3v) is 4.13. The first-order valence-electron chi connectivity index (χ1n) is 7.18. The molecule has 0 fully saturated rings. The number of carbonyl (C=O) groups excluding carboxylic acids is 1. The number of rotatable bonds is 8. The topological polar surface area (TPSA) is 41.6 Å². The average molecular weight is 349 g/mol. The molecule has 2 unspecified atom stereocenters. The predicted octanol–water partition coefficient (Wildman–Crippen LogP) is 2.95. The van der Waals surface area contributed by atoms with Gasteiger partial charge in [-0.2, -0.15) is 0 Å². The van der Waals surface area contributed by atoms with Gasteiger partial charge in [-0.05, 0) is 24.6 Å². The predicted molar refractivity (Wildman–Crippen MR) is 94.1 cm³/mol. The van der Waals surface area contributed by atoms with Crippen molar-refractivity contribution in [3.8, 4) is 0 Å². The molecule has 0 aliphatic rings. The van der Waals surface area contributed by atoms with E-state index in [9.17, 15) is 4.79 Å². The van der Waals surface area contributed by atoms with Gasteiger partial charge in [0.2, 0.25) is 5.91 Å². The third kappa shape index (κ3) is 6.53. The van der Waals surface area contributed by atoms with Crippen LogP contribution in [-0.4, -0.2) is 50.7 Å². The first-order valence-corrected chi connectivity index (χ1v) is 7.56. The largest absolute Gasteiger partial charge is 0.383 e. The number of hydrogen-bond donors (Lipinski definition) is 1. The second-order valence-corrected chi connectivity index (χ2v) is 5.69. The summed E-state index contributed by atoms with van der Waals surface area (Å²) in [5.41, 5.74) is 1.18. The van der Waals surface area contributed by atoms with Gasteiger partial charge < -0.3 is 15.0 Å². The molecule has 0 saturated carbocycles. The maximum atomic E-state index is 12.1. The fourth-order valence-electron chi connectivity index (χ4n) is 2.10. The zero-order chi connectivity index (χ0) is 15.8. The number of methoxy groups -OCH3 is 1. The van der Waals surface area contributed by atoms with Gasteiger partial charge in [0.05, 0.1) is 13.2 Å². The maximum absolute atomic E-state index is 12.1. The van der Waals surface area contributed by atoms with Crippen LogP contribution in [0.1, 0.15) is 25.3 Å². The van der Waals surface area contributed by atoms with Gasteiger partial charge in [-0.25, -0.2) is 0 Å². The smallest absolute Gasteiger partial charge is 0.236 e. The minimum atomic E-state index is 0. The lowest BCUT2D eigenvalue weighted by molar-refractivity contribution is -0.131. The highest BCUT2D eigenvalue weighted by Crippen LogP contribution is 2.23. The molecule has 0 bridgehead atoms. The standard InChI is InChI=1S/C16H25ClN2O2.ClH/c1-12(14-5-7-15(17)8-6-14)13(2)19(3)16(20)11-18-9-10-21-4;/h5-8,12-13,18H,9-11H2,1-4H3;1H. The fraction of sp³-hybridized carbons (Fsp3) is 0.562. The lowest BCUT2D eigenvalue weighted by Gasteiger charge is -2.30. The van der Waals surface area contributed by atoms with Gasteiger partial charge in [0.15, 0.2) is 0 Å². The maximum Gasteiger partial charge on any atom is 0.236 e. The van der Waals surface area contributed by atoms with Crippen LogP contribution in [0.4, 0.5) is 0 Å². The van der Waals surface area contributed by atoms with E-state index in [2.05, 4.69) is 19.2 Å². The number of carbonyl (C=O) groups is 1. The van der Waals surface area contributed by atoms with E-state index in [1.165, 1.54) is 5.56 Å². The van der Waals surface area contributed by atoms with Crippen LogP contribution in [0, 0.1) is 0 Å². The number of likely N-dealkylation sites (N-methyl/N-ethyl adjacent to an activating group) is 1. The zero-order valence-electron chi connectivity index (χ0n) is 13.6. The van der Waals surface area contributed by atoms with E-state index in [0.717, 1.165) is 5.02 Å². The van der Waals surface area contributed by atoms with Crippen molar-refractivity contribution in [1.29, 1.82) is 0 Å². The van der Waals surface area contributed by atoms with Crippen molar-refractivity contribution in [2.45, 2.75) is 25.8 Å². The van der Waals surface area contributed by atoms with E-state index in [-0.39, 0.29) is 30.3 Å². The summed E-state index contributed by atoms with van der Waals surface area (Å²) in [6.45, 7) is 5.80. The molecule has 1 rings (SSSR count). The summed E-state index contributed by atoms with van der Waals surface area (Å²) in [4.78, 5) is 13.9. The highest BCUT2D eigenvalue weighted by molar-refractivity contribution is 6.30. The summed E-state index contributed by atoms with van der Waals surface area (Å²) in [6, 6.07) is 7.91. The number of hydrogen-bond acceptors (Lipinski definition) is 3. The molecule has 1 amide bonds. The van der Waals surface area contributed by atoms with E-state index in [4.69, 9.17) is 16.3 Å². The normalized spacial score (nSPS) is 13.1. The van der Waals surface area contributed by atoms with Crippen molar-refractivity contribution in [3.63, 3.8) is 0 Å². The number of ether oxygens (including phenoxy) is 1. The Balaban J connectivity index is 0.00000441. The van der Waals surface area contributed by atoms with E-state index in [0.29, 0.717) is 19.7 Å². The molecule has 1 N–H and O–H groups in total. The minimum Gasteiger partial charge on any atom is -0.383 e. The van der Waals surface area contributed by atoms with Crippen LogP contribution < -0.4 is 5.32 Å². The molecule has 6 heteroatoms. The SMILES string of the molecule is COCCNCC(=O)N(C)C(C)C(C)c1ccc(Cl)cc1.Cl. The minimum absolute atomic E-state index is 0. The van der Waals surface area contributed by atoms with Gasteiger partial charge in [0.1, 0.15) is 0 Å². The lowest BCUT2D eigenvalue weighted by Crippen LogP contribution is -2.43. The number of nitrogens with zero attached hydrogens (tertiary/aromatic N) is 1. The molecule has 1 aromatic rings. The van der Waals surface area contributed by atoms with Crippen molar-refractivity contribution in [2.75, 3.05) is 33.9 Å². The number of nitrogens with one attached hydrogen (secondary N) is 1. The highest BCUT2D eigenvalue weighted by Gasteiger charge is 2.22. The van der Waals surface area contributed by atoms with E-state index in [1.807, 2.05) is 31.3 Å². The van der Waals surface area contributed by atoms with Crippen LogP contribution in [0.15, 0.2) is 24.3 Å². The molecular weight excluding hydrogens is 323 g/mol. The van der Waals surface area contributed by atoms with Crippen molar-refractivity contribution >= 4 is 29.9 Å². The molecule has 4 nitrogen and oxygen atoms in total. The summed E-state index contributed by atoms with van der Waals surface area (Å²) in [5.74, 6) is 0.328. The molecule has 0 aliphatic carbocycles. The van der Waals surface area contributed by atoms with E-state index < -0.39 is 0 Å². The van der Waals surface area contributed by atoms with Crippen LogP contribution in [0.5, 0.6) is 0 Å². The van der Waals surface area contributed by atoms with Crippen LogP contribution >= 0.6 is 24.0 Å². The Morgan fingerprint density at radius 2 is 1.91 bits per heavy atom. The molecule has 0 aliphatic heterocycles. The molecule has 0 saturated heterocycles. The Kier molecular flexibility index (Phi) is 10.4. The molecule has 2 atom stereocenters. The van der Waals surface area contributed by atoms with Crippen LogP contribution in [0.2, 0.25) is 5.02 Å². The van der Waals surface area contributed by atoms with E-state index in [1.54, 1.807) is 12.0 Å². The Morgan fingerprint density at radius 1 is 1.32 bits per heavy atom. The number of amides is 1. The Hall–Kier alpha value is -0.810. The van der Waals surface area contributed by atoms with Gasteiger partial charge in [0.25, 0.3) is 0 Å². The van der Waals surface area contributed by atoms with Crippen LogP contribution in [-0.2, 0) is 9.53 Å². The second-order valence-electron chi connectivity index (χ2n) is 5.26. The summed E-state index contributed by atoms with van der Waals surface area (Å²) >= 11 is 5.91. The van der Waals surface area contributed by atoms with Gasteiger partial charge in [0, 0.05) is 37.7 Å². The van der Waals surface area contributed by atoms with Crippen LogP contribution in [0.3, 0.4) is 0 Å². The highest BCUT2D eigenvalue weighted by atomic mass is 35.5. The van der Waals surface area contributed by atoms with Gasteiger partial charge in [-0.3, -0.25) is 4.79 Å². The van der Waals surface area contributed by atoms with Crippen molar-refractivity contribution < 1.29 is 9.53 Å². The zero-order valence-corrected chi connectivity index (χ0v) is 15.2. The summed E-state index contributed by atoms with van der Waals surface area (Å²) in [7, 11) is 3.49. The monoisotopic (exact) mass is 348 g/mol. The summed E-state index contributed by atoms with van der Waals surface area (Å²) < 4.78 is 4.94. The first-order chi connectivity index (χ1) is 9.97. The fourth-order valence-corrected chi connectivity index (χ4v) is 2.23. The Morgan fingerprint density at radius 3 is 2.45 bits per heavy atom. The Bertz CT molecular complexity index is 440. The molecule has 0 spiro atoms. The quantitative estimate of drug-likeness (QED) is 0.734. The van der Waals surface area contributed by atoms with Crippen molar-refractivity contribution in [1.82, 2.24) is 10.2 Å².